The molecule has 1 fully saturated rings. The van der Waals surface area contributed by atoms with Crippen molar-refractivity contribution < 1.29 is 4.74 Å². The highest BCUT2D eigenvalue weighted by molar-refractivity contribution is 5.99. The van der Waals surface area contributed by atoms with Gasteiger partial charge in [0.2, 0.25) is 0 Å². The van der Waals surface area contributed by atoms with E-state index in [9.17, 15) is 4.79 Å². The highest BCUT2D eigenvalue weighted by Gasteiger charge is 2.22. The number of aromatic amines is 2. The van der Waals surface area contributed by atoms with Crippen molar-refractivity contribution in [2.75, 3.05) is 45.2 Å². The molecule has 1 saturated heterocycles. The number of rotatable bonds is 6. The third kappa shape index (κ3) is 3.69. The molecule has 160 valence electrons. The molecule has 1 aliphatic heterocycles. The highest BCUT2D eigenvalue weighted by Crippen LogP contribution is 2.32. The Morgan fingerprint density at radius 3 is 2.81 bits per heavy atom. The molecule has 0 aliphatic carbocycles. The largest absolute Gasteiger partial charge is 0.382 e. The molecule has 4 aromatic rings. The van der Waals surface area contributed by atoms with Crippen LogP contribution in [-0.2, 0) is 4.74 Å². The second-order valence-corrected chi connectivity index (χ2v) is 7.69. The number of anilines is 1. The highest BCUT2D eigenvalue weighted by atomic mass is 16.5. The van der Waals surface area contributed by atoms with Crippen molar-refractivity contribution in [3.8, 4) is 11.4 Å². The number of morpholine rings is 1. The minimum atomic E-state index is -0.176. The van der Waals surface area contributed by atoms with Crippen LogP contribution in [-0.4, -0.2) is 54.8 Å². The van der Waals surface area contributed by atoms with Crippen molar-refractivity contribution in [1.82, 2.24) is 25.6 Å². The summed E-state index contributed by atoms with van der Waals surface area (Å²) in [4.78, 5) is 24.4. The summed E-state index contributed by atoms with van der Waals surface area (Å²) >= 11 is 0. The van der Waals surface area contributed by atoms with E-state index in [1.54, 1.807) is 0 Å². The summed E-state index contributed by atoms with van der Waals surface area (Å²) in [5, 5.41) is 11.0. The fraction of sp³-hybridized carbons (Fsp3) is 0.304. The van der Waals surface area contributed by atoms with Crippen molar-refractivity contribution in [1.29, 1.82) is 0 Å². The average Bonchev–Trinajstić information content (AvgIpc) is 3.23. The number of fused-ring (bicyclic) bond motifs is 2. The van der Waals surface area contributed by atoms with Crippen molar-refractivity contribution in [2.24, 2.45) is 0 Å². The fourth-order valence-electron chi connectivity index (χ4n) is 4.18. The van der Waals surface area contributed by atoms with Crippen LogP contribution in [0.4, 0.5) is 5.69 Å². The van der Waals surface area contributed by atoms with Crippen LogP contribution in [0.2, 0.25) is 0 Å². The molecule has 0 saturated carbocycles. The molecule has 2 aromatic heterocycles. The average molecular weight is 419 g/mol. The Hall–Kier alpha value is -3.20. The van der Waals surface area contributed by atoms with Crippen molar-refractivity contribution in [2.45, 2.75) is 6.04 Å². The summed E-state index contributed by atoms with van der Waals surface area (Å²) in [6.45, 7) is 3.59. The number of likely N-dealkylation sites (N-methyl/N-ethyl adjacent to an activating group) is 1. The van der Waals surface area contributed by atoms with Crippen LogP contribution in [0.25, 0.3) is 33.3 Å². The number of ether oxygens (including phenoxy) is 1. The Bertz CT molecular complexity index is 1270. The van der Waals surface area contributed by atoms with Crippen LogP contribution in [0.5, 0.6) is 0 Å². The Morgan fingerprint density at radius 1 is 1.10 bits per heavy atom. The molecule has 0 radical (unpaired) electrons. The smallest absolute Gasteiger partial charge is 0.261 e. The first kappa shape index (κ1) is 19.7. The molecular formula is C23H26N6O2. The minimum Gasteiger partial charge on any atom is -0.382 e. The summed E-state index contributed by atoms with van der Waals surface area (Å²) in [5.41, 5.74) is 4.75. The molecule has 31 heavy (non-hydrogen) atoms. The van der Waals surface area contributed by atoms with E-state index in [0.29, 0.717) is 31.1 Å². The topological polar surface area (TPSA) is 107 Å². The maximum absolute atomic E-state index is 13.1. The van der Waals surface area contributed by atoms with E-state index < -0.39 is 0 Å². The second-order valence-electron chi connectivity index (χ2n) is 7.69. The molecule has 0 bridgehead atoms. The fourth-order valence-corrected chi connectivity index (χ4v) is 4.18. The van der Waals surface area contributed by atoms with Gasteiger partial charge in [-0.15, -0.1) is 0 Å². The molecule has 5 rings (SSSR count). The molecule has 1 atom stereocenters. The number of pyridine rings is 1. The standard InChI is InChI=1S/C23H26N6O2/c1-24-9-10-26-21-14-5-2-3-7-16(14)28-23(30)19(21)22-27-17-8-4-6-15(20(17)29-22)18-13-31-12-11-25-18/h2-8,18,24-25H,9-13H2,1H3,(H,27,29)(H2,26,28,30). The van der Waals surface area contributed by atoms with Crippen LogP contribution in [0.1, 0.15) is 11.6 Å². The Kier molecular flexibility index (Phi) is 5.42. The van der Waals surface area contributed by atoms with Gasteiger partial charge in [0.1, 0.15) is 11.4 Å². The van der Waals surface area contributed by atoms with Gasteiger partial charge in [-0.25, -0.2) is 4.98 Å². The molecule has 8 heteroatoms. The van der Waals surface area contributed by atoms with Crippen LogP contribution >= 0.6 is 0 Å². The molecule has 1 aliphatic rings. The van der Waals surface area contributed by atoms with Crippen molar-refractivity contribution >= 4 is 27.6 Å². The number of imidazole rings is 1. The van der Waals surface area contributed by atoms with Gasteiger partial charge in [0.15, 0.2) is 0 Å². The van der Waals surface area contributed by atoms with Gasteiger partial charge >= 0.3 is 0 Å². The van der Waals surface area contributed by atoms with Gasteiger partial charge in [-0.1, -0.05) is 30.3 Å². The number of aromatic nitrogens is 3. The summed E-state index contributed by atoms with van der Waals surface area (Å²) in [7, 11) is 1.91. The lowest BCUT2D eigenvalue weighted by Gasteiger charge is -2.24. The molecule has 8 nitrogen and oxygen atoms in total. The van der Waals surface area contributed by atoms with E-state index in [2.05, 4.69) is 32.0 Å². The monoisotopic (exact) mass is 418 g/mol. The van der Waals surface area contributed by atoms with Gasteiger partial charge in [0, 0.05) is 25.0 Å². The molecule has 2 aromatic carbocycles. The van der Waals surface area contributed by atoms with E-state index in [1.165, 1.54) is 0 Å². The van der Waals surface area contributed by atoms with E-state index in [1.807, 2.05) is 43.4 Å². The predicted molar refractivity (Wildman–Crippen MR) is 124 cm³/mol. The van der Waals surface area contributed by atoms with Gasteiger partial charge < -0.3 is 30.7 Å². The Morgan fingerprint density at radius 2 is 1.97 bits per heavy atom. The van der Waals surface area contributed by atoms with Gasteiger partial charge in [0.05, 0.1) is 41.5 Å². The van der Waals surface area contributed by atoms with E-state index in [-0.39, 0.29) is 11.6 Å². The number of hydrogen-bond donors (Lipinski definition) is 5. The lowest BCUT2D eigenvalue weighted by atomic mass is 10.1. The van der Waals surface area contributed by atoms with Crippen LogP contribution < -0.4 is 21.5 Å². The Labute approximate surface area is 179 Å². The van der Waals surface area contributed by atoms with Crippen molar-refractivity contribution in [3.63, 3.8) is 0 Å². The van der Waals surface area contributed by atoms with E-state index in [4.69, 9.17) is 9.72 Å². The first-order valence-corrected chi connectivity index (χ1v) is 10.6. The van der Waals surface area contributed by atoms with Gasteiger partial charge in [-0.05, 0) is 24.7 Å². The minimum absolute atomic E-state index is 0.0803. The first-order chi connectivity index (χ1) is 15.3. The number of hydrogen-bond acceptors (Lipinski definition) is 6. The molecule has 1 unspecified atom stereocenters. The summed E-state index contributed by atoms with van der Waals surface area (Å²) < 4.78 is 5.65. The number of para-hydroxylation sites is 2. The molecular weight excluding hydrogens is 392 g/mol. The van der Waals surface area contributed by atoms with Gasteiger partial charge in [-0.3, -0.25) is 4.79 Å². The van der Waals surface area contributed by atoms with Crippen LogP contribution in [0.15, 0.2) is 47.3 Å². The summed E-state index contributed by atoms with van der Waals surface area (Å²) in [5.74, 6) is 0.554. The zero-order valence-corrected chi connectivity index (χ0v) is 17.4. The molecule has 0 spiro atoms. The molecule has 0 amide bonds. The normalized spacial score (nSPS) is 16.7. The maximum atomic E-state index is 13.1. The number of H-pyrrole nitrogens is 2. The van der Waals surface area contributed by atoms with E-state index in [0.717, 1.165) is 46.3 Å². The van der Waals surface area contributed by atoms with Crippen LogP contribution in [0, 0.1) is 0 Å². The zero-order chi connectivity index (χ0) is 21.2. The number of benzene rings is 2. The summed E-state index contributed by atoms with van der Waals surface area (Å²) in [6.07, 6.45) is 0. The predicted octanol–water partition coefficient (Wildman–Crippen LogP) is 2.36. The zero-order valence-electron chi connectivity index (χ0n) is 17.4. The quantitative estimate of drug-likeness (QED) is 0.308. The lowest BCUT2D eigenvalue weighted by Crippen LogP contribution is -2.34. The number of nitrogens with zero attached hydrogens (tertiary/aromatic N) is 1. The van der Waals surface area contributed by atoms with E-state index >= 15 is 0 Å². The summed E-state index contributed by atoms with van der Waals surface area (Å²) in [6, 6.07) is 14.0. The maximum Gasteiger partial charge on any atom is 0.261 e. The number of nitrogens with one attached hydrogen (secondary N) is 5. The van der Waals surface area contributed by atoms with Crippen molar-refractivity contribution in [3.05, 3.63) is 58.4 Å². The second kappa shape index (κ2) is 8.50. The SMILES string of the molecule is CNCCNc1c(-c2nc3c(C4COCCN4)cccc3[nH]2)c(=O)[nH]c2ccccc12. The van der Waals surface area contributed by atoms with Crippen LogP contribution in [0.3, 0.4) is 0 Å². The third-order valence-electron chi connectivity index (χ3n) is 5.68. The third-order valence-corrected chi connectivity index (χ3v) is 5.68. The van der Waals surface area contributed by atoms with Gasteiger partial charge in [0.25, 0.3) is 5.56 Å². The molecule has 3 heterocycles. The Balaban J connectivity index is 1.67. The first-order valence-electron chi connectivity index (χ1n) is 10.6. The molecule has 5 N–H and O–H groups in total. The lowest BCUT2D eigenvalue weighted by molar-refractivity contribution is 0.0772. The van der Waals surface area contributed by atoms with Gasteiger partial charge in [-0.2, -0.15) is 0 Å².